The van der Waals surface area contributed by atoms with Crippen LogP contribution in [0, 0.1) is 0 Å². The van der Waals surface area contributed by atoms with E-state index >= 15 is 0 Å². The molecule has 0 atom stereocenters. The molecular weight excluding hydrogens is 220 g/mol. The van der Waals surface area contributed by atoms with Gasteiger partial charge in [0.25, 0.3) is 0 Å². The average Bonchev–Trinajstić information content (AvgIpc) is 2.29. The number of para-hydroxylation sites is 1. The van der Waals surface area contributed by atoms with E-state index in [-0.39, 0.29) is 22.4 Å². The molecule has 0 unspecified atom stereocenters. The zero-order valence-electron chi connectivity index (χ0n) is 8.68. The van der Waals surface area contributed by atoms with Gasteiger partial charge in [-0.3, -0.25) is 4.79 Å². The summed E-state index contributed by atoms with van der Waals surface area (Å²) in [7, 11) is 0. The van der Waals surface area contributed by atoms with Crippen LogP contribution in [0.15, 0.2) is 39.5 Å². The van der Waals surface area contributed by atoms with Crippen LogP contribution in [0.1, 0.15) is 0 Å². The molecule has 0 amide bonds. The lowest BCUT2D eigenvalue weighted by atomic mass is 10.2. The number of aromatic hydroxyl groups is 1. The number of nitrogens with zero attached hydrogens (tertiary/aromatic N) is 1. The Balaban J connectivity index is 2.50. The molecule has 1 aliphatic carbocycles. The molecule has 1 aromatic carbocycles. The standard InChI is InChI=1S/C12H8N2O3/c13-6-4-8-11(5-10(6)16)17-12-7(14-8)2-1-3-9(12)15/h1-5,15H,13H2. The summed E-state index contributed by atoms with van der Waals surface area (Å²) in [4.78, 5) is 15.6. The van der Waals surface area contributed by atoms with Crippen LogP contribution in [-0.2, 0) is 0 Å². The molecule has 3 N–H and O–H groups in total. The molecule has 17 heavy (non-hydrogen) atoms. The van der Waals surface area contributed by atoms with E-state index in [4.69, 9.17) is 10.2 Å². The van der Waals surface area contributed by atoms with Gasteiger partial charge in [0.05, 0.1) is 5.69 Å². The van der Waals surface area contributed by atoms with Gasteiger partial charge in [0.15, 0.2) is 17.1 Å². The van der Waals surface area contributed by atoms with Gasteiger partial charge in [-0.2, -0.15) is 0 Å². The van der Waals surface area contributed by atoms with E-state index in [0.717, 1.165) is 0 Å². The third-order valence-electron chi connectivity index (χ3n) is 2.52. The Labute approximate surface area is 95.5 Å². The Morgan fingerprint density at radius 3 is 2.94 bits per heavy atom. The topological polar surface area (TPSA) is 89.3 Å². The number of nitrogens with two attached hydrogens (primary N) is 1. The second-order valence-electron chi connectivity index (χ2n) is 3.70. The number of aromatic nitrogens is 1. The highest BCUT2D eigenvalue weighted by Crippen LogP contribution is 2.29. The van der Waals surface area contributed by atoms with Gasteiger partial charge >= 0.3 is 0 Å². The van der Waals surface area contributed by atoms with Crippen molar-refractivity contribution in [3.63, 3.8) is 0 Å². The number of hydrogen-bond acceptors (Lipinski definition) is 5. The van der Waals surface area contributed by atoms with Gasteiger partial charge in [-0.1, -0.05) is 6.07 Å². The van der Waals surface area contributed by atoms with Crippen molar-refractivity contribution in [1.82, 2.24) is 4.98 Å². The van der Waals surface area contributed by atoms with Crippen LogP contribution in [0.5, 0.6) is 5.75 Å². The summed E-state index contributed by atoms with van der Waals surface area (Å²) in [6, 6.07) is 7.60. The first kappa shape index (κ1) is 9.65. The van der Waals surface area contributed by atoms with Crippen molar-refractivity contribution in [2.24, 2.45) is 0 Å². The van der Waals surface area contributed by atoms with E-state index in [0.29, 0.717) is 17.0 Å². The molecule has 0 saturated carbocycles. The van der Waals surface area contributed by atoms with Crippen LogP contribution in [0.25, 0.3) is 22.6 Å². The zero-order chi connectivity index (χ0) is 12.0. The maximum Gasteiger partial charge on any atom is 0.205 e. The van der Waals surface area contributed by atoms with Crippen molar-refractivity contribution in [3.8, 4) is 17.2 Å². The third kappa shape index (κ3) is 1.40. The molecule has 1 aromatic rings. The second kappa shape index (κ2) is 3.21. The van der Waals surface area contributed by atoms with Gasteiger partial charge in [-0.05, 0) is 18.2 Å². The molecule has 1 aliphatic heterocycles. The second-order valence-corrected chi connectivity index (χ2v) is 3.70. The fraction of sp³-hybridized carbons (Fsp3) is 0. The van der Waals surface area contributed by atoms with Crippen molar-refractivity contribution in [2.75, 3.05) is 5.73 Å². The van der Waals surface area contributed by atoms with Crippen LogP contribution in [0.2, 0.25) is 0 Å². The van der Waals surface area contributed by atoms with Crippen molar-refractivity contribution in [2.45, 2.75) is 0 Å². The minimum absolute atomic E-state index is 0.0128. The Kier molecular flexibility index (Phi) is 1.82. The first-order chi connectivity index (χ1) is 8.15. The van der Waals surface area contributed by atoms with Gasteiger partial charge in [-0.25, -0.2) is 4.98 Å². The van der Waals surface area contributed by atoms with E-state index in [2.05, 4.69) is 4.98 Å². The van der Waals surface area contributed by atoms with Crippen LogP contribution < -0.4 is 11.2 Å². The number of anilines is 1. The Morgan fingerprint density at radius 2 is 2.12 bits per heavy atom. The number of benzene rings is 2. The Morgan fingerprint density at radius 1 is 1.29 bits per heavy atom. The lowest BCUT2D eigenvalue weighted by molar-refractivity contribution is 0.464. The predicted octanol–water partition coefficient (Wildman–Crippen LogP) is 1.58. The molecule has 84 valence electrons. The first-order valence-electron chi connectivity index (χ1n) is 4.97. The molecule has 0 fully saturated rings. The van der Waals surface area contributed by atoms with Gasteiger partial charge < -0.3 is 15.3 Å². The van der Waals surface area contributed by atoms with Crippen LogP contribution in [0.3, 0.4) is 0 Å². The van der Waals surface area contributed by atoms with Crippen LogP contribution in [-0.4, -0.2) is 10.1 Å². The van der Waals surface area contributed by atoms with Gasteiger partial charge in [0, 0.05) is 6.07 Å². The summed E-state index contributed by atoms with van der Waals surface area (Å²) in [5, 5.41) is 9.62. The lowest BCUT2D eigenvalue weighted by Gasteiger charge is -2.07. The summed E-state index contributed by atoms with van der Waals surface area (Å²) in [5.41, 5.74) is 6.57. The van der Waals surface area contributed by atoms with Crippen molar-refractivity contribution < 1.29 is 9.52 Å². The van der Waals surface area contributed by atoms with Crippen LogP contribution >= 0.6 is 0 Å². The summed E-state index contributed by atoms with van der Waals surface area (Å²) < 4.78 is 5.44. The van der Waals surface area contributed by atoms with E-state index in [9.17, 15) is 9.90 Å². The number of nitrogen functional groups attached to an aromatic ring is 1. The molecule has 0 aromatic heterocycles. The number of phenolic OH excluding ortho intramolecular Hbond substituents is 1. The summed E-state index contributed by atoms with van der Waals surface area (Å²) >= 11 is 0. The Bertz CT molecular complexity index is 749. The summed E-state index contributed by atoms with van der Waals surface area (Å²) in [5.74, 6) is 0.291. The van der Waals surface area contributed by atoms with Crippen molar-refractivity contribution in [1.29, 1.82) is 0 Å². The molecule has 5 nitrogen and oxygen atoms in total. The predicted molar refractivity (Wildman–Crippen MR) is 63.0 cm³/mol. The average molecular weight is 228 g/mol. The fourth-order valence-corrected chi connectivity index (χ4v) is 1.68. The maximum absolute atomic E-state index is 11.4. The highest BCUT2D eigenvalue weighted by Gasteiger charge is 2.13. The Hall–Kier alpha value is -2.56. The molecule has 0 spiro atoms. The monoisotopic (exact) mass is 228 g/mol. The first-order valence-corrected chi connectivity index (χ1v) is 4.97. The van der Waals surface area contributed by atoms with E-state index < -0.39 is 0 Å². The molecule has 0 saturated heterocycles. The van der Waals surface area contributed by atoms with E-state index in [1.54, 1.807) is 12.1 Å². The lowest BCUT2D eigenvalue weighted by Crippen LogP contribution is -2.08. The molecular formula is C12H8N2O3. The smallest absolute Gasteiger partial charge is 0.205 e. The zero-order valence-corrected chi connectivity index (χ0v) is 8.68. The van der Waals surface area contributed by atoms with Crippen molar-refractivity contribution in [3.05, 3.63) is 40.6 Å². The van der Waals surface area contributed by atoms with Crippen molar-refractivity contribution >= 4 is 16.8 Å². The molecule has 1 heterocycles. The largest absolute Gasteiger partial charge is 0.504 e. The number of phenols is 1. The van der Waals surface area contributed by atoms with Gasteiger partial charge in [-0.15, -0.1) is 0 Å². The molecule has 2 aliphatic rings. The van der Waals surface area contributed by atoms with E-state index in [1.165, 1.54) is 18.2 Å². The number of hydrogen-bond donors (Lipinski definition) is 2. The molecule has 0 bridgehead atoms. The molecule has 0 radical (unpaired) electrons. The van der Waals surface area contributed by atoms with Gasteiger partial charge in [0.1, 0.15) is 11.2 Å². The highest BCUT2D eigenvalue weighted by molar-refractivity contribution is 5.81. The third-order valence-corrected chi connectivity index (χ3v) is 2.52. The highest BCUT2D eigenvalue weighted by atomic mass is 16.4. The van der Waals surface area contributed by atoms with Crippen LogP contribution in [0.4, 0.5) is 5.69 Å². The fourth-order valence-electron chi connectivity index (χ4n) is 1.68. The number of rotatable bonds is 0. The quantitative estimate of drug-likeness (QED) is 0.450. The van der Waals surface area contributed by atoms with Gasteiger partial charge in [0.2, 0.25) is 5.43 Å². The summed E-state index contributed by atoms with van der Waals surface area (Å²) in [6.45, 7) is 0. The van der Waals surface area contributed by atoms with E-state index in [1.807, 2.05) is 0 Å². The SMILES string of the molecule is Nc1cc2nc3cccc(O)c3oc-2cc1=O. The normalized spacial score (nSPS) is 11.1. The molecule has 5 heteroatoms. The summed E-state index contributed by atoms with van der Waals surface area (Å²) in [6.07, 6.45) is 0. The minimum Gasteiger partial charge on any atom is -0.504 e. The minimum atomic E-state index is -0.321. The molecule has 3 rings (SSSR count). The maximum atomic E-state index is 11.4. The number of fused-ring (bicyclic) bond motifs is 2.